The minimum Gasteiger partial charge on any atom is -0.326 e. The zero-order valence-corrected chi connectivity index (χ0v) is 13.6. The van der Waals surface area contributed by atoms with Crippen LogP contribution in [0.1, 0.15) is 19.8 Å². The van der Waals surface area contributed by atoms with Crippen molar-refractivity contribution in [2.45, 2.75) is 29.5 Å². The average Bonchev–Trinajstić information content (AvgIpc) is 2.39. The second kappa shape index (κ2) is 6.24. The maximum atomic E-state index is 12.5. The number of hydrogen-bond donors (Lipinski definition) is 1. The lowest BCUT2D eigenvalue weighted by molar-refractivity contribution is -0.114. The van der Waals surface area contributed by atoms with E-state index in [1.54, 1.807) is 12.1 Å². The van der Waals surface area contributed by atoms with Crippen LogP contribution in [0.4, 0.5) is 5.69 Å². The Hall–Kier alpha value is -0.920. The molecule has 0 saturated carbocycles. The van der Waals surface area contributed by atoms with Crippen molar-refractivity contribution in [3.8, 4) is 0 Å². The maximum absolute atomic E-state index is 12.5. The van der Waals surface area contributed by atoms with E-state index in [1.807, 2.05) is 0 Å². The van der Waals surface area contributed by atoms with Crippen molar-refractivity contribution in [2.24, 2.45) is 0 Å². The summed E-state index contributed by atoms with van der Waals surface area (Å²) in [5, 5.41) is 2.62. The van der Waals surface area contributed by atoms with Gasteiger partial charge in [-0.25, -0.2) is 8.42 Å². The molecule has 1 N–H and O–H groups in total. The van der Waals surface area contributed by atoms with E-state index >= 15 is 0 Å². The number of carbonyl (C=O) groups is 1. The topological polar surface area (TPSA) is 66.5 Å². The van der Waals surface area contributed by atoms with Gasteiger partial charge in [0.15, 0.2) is 0 Å². The molecule has 1 aromatic carbocycles. The fourth-order valence-corrected chi connectivity index (χ4v) is 4.01. The Labute approximate surface area is 127 Å². The number of carbonyl (C=O) groups excluding carboxylic acids is 1. The normalized spacial score (nSPS) is 17.9. The number of anilines is 1. The van der Waals surface area contributed by atoms with Crippen molar-refractivity contribution in [2.75, 3.05) is 18.4 Å². The predicted molar refractivity (Wildman–Crippen MR) is 81.5 cm³/mol. The zero-order chi connectivity index (χ0) is 14.8. The molecule has 0 unspecified atom stereocenters. The Morgan fingerprint density at radius 2 is 1.80 bits per heavy atom. The smallest absolute Gasteiger partial charge is 0.243 e. The third-order valence-electron chi connectivity index (χ3n) is 3.20. The first-order chi connectivity index (χ1) is 9.39. The summed E-state index contributed by atoms with van der Waals surface area (Å²) in [6.45, 7) is 2.48. The monoisotopic (exact) mass is 360 g/mol. The molecule has 110 valence electrons. The molecule has 1 aromatic rings. The van der Waals surface area contributed by atoms with Crippen LogP contribution in [0.3, 0.4) is 0 Å². The van der Waals surface area contributed by atoms with Crippen LogP contribution in [-0.2, 0) is 14.8 Å². The van der Waals surface area contributed by atoms with Crippen molar-refractivity contribution >= 4 is 37.5 Å². The maximum Gasteiger partial charge on any atom is 0.243 e. The predicted octanol–water partition coefficient (Wildman–Crippen LogP) is 2.19. The van der Waals surface area contributed by atoms with Gasteiger partial charge in [-0.05, 0) is 37.1 Å². The molecule has 0 aliphatic carbocycles. The Bertz CT molecular complexity index is 578. The largest absolute Gasteiger partial charge is 0.326 e. The molecule has 20 heavy (non-hydrogen) atoms. The van der Waals surface area contributed by atoms with Crippen LogP contribution < -0.4 is 5.32 Å². The minimum absolute atomic E-state index is 0.181. The van der Waals surface area contributed by atoms with Gasteiger partial charge in [-0.2, -0.15) is 4.31 Å². The van der Waals surface area contributed by atoms with Gasteiger partial charge in [0.05, 0.1) is 4.90 Å². The Morgan fingerprint density at radius 3 is 2.30 bits per heavy atom. The SMILES string of the molecule is CC(=O)Nc1ccc(S(=O)(=O)N2CCC(Br)CC2)cc1. The molecule has 0 radical (unpaired) electrons. The highest BCUT2D eigenvalue weighted by Gasteiger charge is 2.28. The van der Waals surface area contributed by atoms with E-state index in [0.29, 0.717) is 23.6 Å². The first-order valence-corrected chi connectivity index (χ1v) is 8.77. The summed E-state index contributed by atoms with van der Waals surface area (Å²) >= 11 is 3.51. The molecule has 0 bridgehead atoms. The fraction of sp³-hybridized carbons (Fsp3) is 0.462. The van der Waals surface area contributed by atoms with Crippen molar-refractivity contribution in [1.29, 1.82) is 0 Å². The molecular weight excluding hydrogens is 344 g/mol. The van der Waals surface area contributed by atoms with E-state index in [-0.39, 0.29) is 10.8 Å². The Kier molecular flexibility index (Phi) is 4.82. The number of nitrogens with one attached hydrogen (secondary N) is 1. The second-order valence-corrected chi connectivity index (χ2v) is 8.02. The van der Waals surface area contributed by atoms with Crippen LogP contribution >= 0.6 is 15.9 Å². The number of nitrogens with zero attached hydrogens (tertiary/aromatic N) is 1. The summed E-state index contributed by atoms with van der Waals surface area (Å²) < 4.78 is 26.4. The van der Waals surface area contributed by atoms with Gasteiger partial charge >= 0.3 is 0 Å². The third kappa shape index (κ3) is 3.59. The highest BCUT2D eigenvalue weighted by molar-refractivity contribution is 9.09. The molecule has 2 rings (SSSR count). The van der Waals surface area contributed by atoms with Gasteiger partial charge in [-0.1, -0.05) is 15.9 Å². The van der Waals surface area contributed by atoms with Gasteiger partial charge in [0.25, 0.3) is 0 Å². The lowest BCUT2D eigenvalue weighted by atomic mass is 10.2. The molecule has 1 fully saturated rings. The van der Waals surface area contributed by atoms with Gasteiger partial charge in [-0.15, -0.1) is 0 Å². The minimum atomic E-state index is -3.43. The first kappa shape index (κ1) is 15.5. The summed E-state index contributed by atoms with van der Waals surface area (Å²) in [6.07, 6.45) is 1.65. The number of rotatable bonds is 3. The van der Waals surface area contributed by atoms with Crippen LogP contribution in [0.2, 0.25) is 0 Å². The molecule has 1 aliphatic rings. The number of alkyl halides is 1. The van der Waals surface area contributed by atoms with Crippen LogP contribution in [-0.4, -0.2) is 36.5 Å². The average molecular weight is 361 g/mol. The summed E-state index contributed by atoms with van der Waals surface area (Å²) in [4.78, 5) is 11.6. The summed E-state index contributed by atoms with van der Waals surface area (Å²) in [7, 11) is -3.43. The van der Waals surface area contributed by atoms with Crippen LogP contribution in [0.25, 0.3) is 0 Å². The number of piperidine rings is 1. The molecule has 1 heterocycles. The summed E-state index contributed by atoms with van der Waals surface area (Å²) in [5.41, 5.74) is 0.593. The van der Waals surface area contributed by atoms with Gasteiger partial charge < -0.3 is 5.32 Å². The van der Waals surface area contributed by atoms with Crippen molar-refractivity contribution in [1.82, 2.24) is 4.31 Å². The lowest BCUT2D eigenvalue weighted by Gasteiger charge is -2.28. The molecule has 7 heteroatoms. The number of sulfonamides is 1. The molecule has 0 aromatic heterocycles. The second-order valence-electron chi connectivity index (χ2n) is 4.78. The van der Waals surface area contributed by atoms with E-state index in [1.165, 1.54) is 23.4 Å². The number of hydrogen-bond acceptors (Lipinski definition) is 3. The first-order valence-electron chi connectivity index (χ1n) is 6.41. The van der Waals surface area contributed by atoms with Crippen LogP contribution in [0, 0.1) is 0 Å². The summed E-state index contributed by atoms with van der Waals surface area (Å²) in [5.74, 6) is -0.181. The van der Waals surface area contributed by atoms with Crippen molar-refractivity contribution in [3.63, 3.8) is 0 Å². The lowest BCUT2D eigenvalue weighted by Crippen LogP contribution is -2.38. The fourth-order valence-electron chi connectivity index (χ4n) is 2.13. The molecule has 0 spiro atoms. The number of amides is 1. The number of benzene rings is 1. The van der Waals surface area contributed by atoms with Crippen LogP contribution in [0.5, 0.6) is 0 Å². The van der Waals surface area contributed by atoms with Crippen molar-refractivity contribution in [3.05, 3.63) is 24.3 Å². The van der Waals surface area contributed by atoms with E-state index in [2.05, 4.69) is 21.2 Å². The van der Waals surface area contributed by atoms with Gasteiger partial charge in [-0.3, -0.25) is 4.79 Å². The molecule has 1 saturated heterocycles. The van der Waals surface area contributed by atoms with Gasteiger partial charge in [0.2, 0.25) is 15.9 Å². The highest BCUT2D eigenvalue weighted by atomic mass is 79.9. The van der Waals surface area contributed by atoms with E-state index in [9.17, 15) is 13.2 Å². The van der Waals surface area contributed by atoms with E-state index in [0.717, 1.165) is 12.8 Å². The molecule has 1 amide bonds. The van der Waals surface area contributed by atoms with Gasteiger partial charge in [0, 0.05) is 30.5 Å². The Balaban J connectivity index is 2.15. The van der Waals surface area contributed by atoms with Crippen LogP contribution in [0.15, 0.2) is 29.2 Å². The van der Waals surface area contributed by atoms with E-state index in [4.69, 9.17) is 0 Å². The standard InChI is InChI=1S/C13H17BrN2O3S/c1-10(17)15-12-2-4-13(5-3-12)20(18,19)16-8-6-11(14)7-9-16/h2-5,11H,6-9H2,1H3,(H,15,17). The van der Waals surface area contributed by atoms with Gasteiger partial charge in [0.1, 0.15) is 0 Å². The zero-order valence-electron chi connectivity index (χ0n) is 11.2. The summed E-state index contributed by atoms with van der Waals surface area (Å²) in [6, 6.07) is 6.26. The molecule has 0 atom stereocenters. The third-order valence-corrected chi connectivity index (χ3v) is 6.02. The van der Waals surface area contributed by atoms with E-state index < -0.39 is 10.0 Å². The number of halogens is 1. The quantitative estimate of drug-likeness (QED) is 0.840. The molecule has 1 aliphatic heterocycles. The molecular formula is C13H17BrN2O3S. The highest BCUT2D eigenvalue weighted by Crippen LogP contribution is 2.24. The molecule has 5 nitrogen and oxygen atoms in total. The Morgan fingerprint density at radius 1 is 1.25 bits per heavy atom. The van der Waals surface area contributed by atoms with Crippen molar-refractivity contribution < 1.29 is 13.2 Å².